The SMILES string of the molecule is CN(C(=O)O)c1ccc(-c2ccccc2C(F)(F)F)cc1. The first kappa shape index (κ1) is 14.9. The molecule has 0 saturated carbocycles. The topological polar surface area (TPSA) is 40.5 Å². The first-order valence-electron chi connectivity index (χ1n) is 6.04. The Bertz CT molecular complexity index is 651. The Morgan fingerprint density at radius 3 is 2.14 bits per heavy atom. The van der Waals surface area contributed by atoms with Gasteiger partial charge in [-0.1, -0.05) is 30.3 Å². The van der Waals surface area contributed by atoms with Gasteiger partial charge in [0.25, 0.3) is 0 Å². The molecule has 0 aliphatic rings. The van der Waals surface area contributed by atoms with Crippen LogP contribution in [0, 0.1) is 0 Å². The molecule has 110 valence electrons. The van der Waals surface area contributed by atoms with E-state index in [1.807, 2.05) is 0 Å². The minimum absolute atomic E-state index is 0.0644. The highest BCUT2D eigenvalue weighted by atomic mass is 19.4. The second-order valence-corrected chi connectivity index (χ2v) is 4.43. The summed E-state index contributed by atoms with van der Waals surface area (Å²) in [7, 11) is 1.36. The molecule has 3 nitrogen and oxygen atoms in total. The predicted octanol–water partition coefficient (Wildman–Crippen LogP) is 4.49. The van der Waals surface area contributed by atoms with Gasteiger partial charge in [-0.3, -0.25) is 4.90 Å². The van der Waals surface area contributed by atoms with Crippen molar-refractivity contribution in [3.05, 3.63) is 54.1 Å². The lowest BCUT2D eigenvalue weighted by Crippen LogP contribution is -2.23. The molecule has 0 fully saturated rings. The van der Waals surface area contributed by atoms with Gasteiger partial charge in [-0.15, -0.1) is 0 Å². The van der Waals surface area contributed by atoms with Crippen LogP contribution in [0.5, 0.6) is 0 Å². The van der Waals surface area contributed by atoms with Gasteiger partial charge in [-0.2, -0.15) is 13.2 Å². The molecule has 0 aromatic heterocycles. The highest BCUT2D eigenvalue weighted by molar-refractivity contribution is 5.86. The van der Waals surface area contributed by atoms with Crippen LogP contribution in [0.2, 0.25) is 0 Å². The molecule has 2 aromatic rings. The predicted molar refractivity (Wildman–Crippen MR) is 73.3 cm³/mol. The maximum Gasteiger partial charge on any atom is 0.417 e. The van der Waals surface area contributed by atoms with E-state index in [2.05, 4.69) is 0 Å². The Balaban J connectivity index is 2.43. The Labute approximate surface area is 119 Å². The number of hydrogen-bond acceptors (Lipinski definition) is 1. The Morgan fingerprint density at radius 1 is 1.05 bits per heavy atom. The molecule has 1 N–H and O–H groups in total. The average Bonchev–Trinajstić information content (AvgIpc) is 2.45. The van der Waals surface area contributed by atoms with E-state index in [-0.39, 0.29) is 5.56 Å². The van der Waals surface area contributed by atoms with Crippen molar-refractivity contribution in [1.29, 1.82) is 0 Å². The lowest BCUT2D eigenvalue weighted by atomic mass is 9.99. The first-order chi connectivity index (χ1) is 9.80. The van der Waals surface area contributed by atoms with E-state index < -0.39 is 17.8 Å². The van der Waals surface area contributed by atoms with Gasteiger partial charge in [0.15, 0.2) is 0 Å². The molecule has 0 aliphatic heterocycles. The van der Waals surface area contributed by atoms with Crippen molar-refractivity contribution in [2.45, 2.75) is 6.18 Å². The van der Waals surface area contributed by atoms with E-state index in [0.717, 1.165) is 11.0 Å². The second kappa shape index (κ2) is 5.47. The van der Waals surface area contributed by atoms with Crippen molar-refractivity contribution in [2.75, 3.05) is 11.9 Å². The van der Waals surface area contributed by atoms with E-state index in [4.69, 9.17) is 5.11 Å². The van der Waals surface area contributed by atoms with Gasteiger partial charge in [-0.05, 0) is 29.3 Å². The van der Waals surface area contributed by atoms with E-state index in [9.17, 15) is 18.0 Å². The number of hydrogen-bond donors (Lipinski definition) is 1. The number of benzene rings is 2. The minimum Gasteiger partial charge on any atom is -0.465 e. The van der Waals surface area contributed by atoms with Crippen LogP contribution in [-0.4, -0.2) is 18.2 Å². The van der Waals surface area contributed by atoms with Crippen molar-refractivity contribution in [2.24, 2.45) is 0 Å². The second-order valence-electron chi connectivity index (χ2n) is 4.43. The number of carboxylic acid groups (broad SMARTS) is 1. The smallest absolute Gasteiger partial charge is 0.417 e. The molecule has 0 bridgehead atoms. The molecule has 2 rings (SSSR count). The molecule has 0 atom stereocenters. The molecule has 0 spiro atoms. The monoisotopic (exact) mass is 295 g/mol. The summed E-state index contributed by atoms with van der Waals surface area (Å²) in [5, 5.41) is 8.85. The maximum absolute atomic E-state index is 13.0. The van der Waals surface area contributed by atoms with Crippen LogP contribution in [0.1, 0.15) is 5.56 Å². The lowest BCUT2D eigenvalue weighted by molar-refractivity contribution is -0.137. The summed E-state index contributed by atoms with van der Waals surface area (Å²) >= 11 is 0. The first-order valence-corrected chi connectivity index (χ1v) is 6.04. The van der Waals surface area contributed by atoms with E-state index >= 15 is 0 Å². The van der Waals surface area contributed by atoms with Gasteiger partial charge in [0.05, 0.1) is 5.56 Å². The van der Waals surface area contributed by atoms with E-state index in [1.165, 1.54) is 49.5 Å². The van der Waals surface area contributed by atoms with E-state index in [0.29, 0.717) is 11.3 Å². The molecular formula is C15H12F3NO2. The van der Waals surface area contributed by atoms with E-state index in [1.54, 1.807) is 0 Å². The van der Waals surface area contributed by atoms with Crippen LogP contribution in [0.25, 0.3) is 11.1 Å². The van der Waals surface area contributed by atoms with Crippen LogP contribution >= 0.6 is 0 Å². The van der Waals surface area contributed by atoms with Crippen molar-refractivity contribution >= 4 is 11.8 Å². The number of halogens is 3. The standard InChI is InChI=1S/C15H12F3NO2/c1-19(14(20)21)11-8-6-10(7-9-11)12-4-2-3-5-13(12)15(16,17)18/h2-9H,1H3,(H,20,21). The number of nitrogens with zero attached hydrogens (tertiary/aromatic N) is 1. The van der Waals surface area contributed by atoms with Crippen LogP contribution in [0.15, 0.2) is 48.5 Å². The summed E-state index contributed by atoms with van der Waals surface area (Å²) in [6.07, 6.45) is -5.58. The summed E-state index contributed by atoms with van der Waals surface area (Å²) in [6.45, 7) is 0. The van der Waals surface area contributed by atoms with Gasteiger partial charge in [-0.25, -0.2) is 4.79 Å². The molecule has 1 amide bonds. The quantitative estimate of drug-likeness (QED) is 0.887. The summed E-state index contributed by atoms with van der Waals surface area (Å²) in [5.74, 6) is 0. The third-order valence-electron chi connectivity index (χ3n) is 3.09. The zero-order chi connectivity index (χ0) is 15.6. The van der Waals surface area contributed by atoms with Crippen molar-refractivity contribution in [3.63, 3.8) is 0 Å². The molecular weight excluding hydrogens is 283 g/mol. The fraction of sp³-hybridized carbons (Fsp3) is 0.133. The fourth-order valence-corrected chi connectivity index (χ4v) is 1.96. The van der Waals surface area contributed by atoms with Gasteiger partial charge >= 0.3 is 12.3 Å². The number of alkyl halides is 3. The lowest BCUT2D eigenvalue weighted by Gasteiger charge is -2.15. The van der Waals surface area contributed by atoms with Crippen LogP contribution in [0.4, 0.5) is 23.7 Å². The molecule has 0 aliphatic carbocycles. The largest absolute Gasteiger partial charge is 0.465 e. The zero-order valence-corrected chi connectivity index (χ0v) is 11.1. The van der Waals surface area contributed by atoms with Gasteiger partial charge in [0.1, 0.15) is 0 Å². The third-order valence-corrected chi connectivity index (χ3v) is 3.09. The number of amides is 1. The van der Waals surface area contributed by atoms with Crippen LogP contribution < -0.4 is 4.90 Å². The van der Waals surface area contributed by atoms with Crippen molar-refractivity contribution in [1.82, 2.24) is 0 Å². The molecule has 21 heavy (non-hydrogen) atoms. The van der Waals surface area contributed by atoms with Crippen LogP contribution in [-0.2, 0) is 6.18 Å². The molecule has 2 aromatic carbocycles. The van der Waals surface area contributed by atoms with Crippen LogP contribution in [0.3, 0.4) is 0 Å². The molecule has 0 saturated heterocycles. The number of carbonyl (C=O) groups is 1. The van der Waals surface area contributed by atoms with Crippen molar-refractivity contribution < 1.29 is 23.1 Å². The maximum atomic E-state index is 13.0. The van der Waals surface area contributed by atoms with Crippen molar-refractivity contribution in [3.8, 4) is 11.1 Å². The summed E-state index contributed by atoms with van der Waals surface area (Å²) in [5.41, 5.74) is 0.111. The number of anilines is 1. The molecule has 6 heteroatoms. The highest BCUT2D eigenvalue weighted by Crippen LogP contribution is 2.37. The molecule has 0 heterocycles. The highest BCUT2D eigenvalue weighted by Gasteiger charge is 2.33. The van der Waals surface area contributed by atoms with Gasteiger partial charge in [0, 0.05) is 12.7 Å². The zero-order valence-electron chi connectivity index (χ0n) is 11.1. The summed E-state index contributed by atoms with van der Waals surface area (Å²) in [6, 6.07) is 11.2. The average molecular weight is 295 g/mol. The minimum atomic E-state index is -4.44. The molecule has 0 unspecified atom stereocenters. The number of rotatable bonds is 2. The summed E-state index contributed by atoms with van der Waals surface area (Å²) in [4.78, 5) is 11.8. The third kappa shape index (κ3) is 3.16. The van der Waals surface area contributed by atoms with Gasteiger partial charge < -0.3 is 5.11 Å². The Hall–Kier alpha value is -2.50. The fourth-order valence-electron chi connectivity index (χ4n) is 1.96. The Morgan fingerprint density at radius 2 is 1.62 bits per heavy atom. The summed E-state index contributed by atoms with van der Waals surface area (Å²) < 4.78 is 38.9. The normalized spacial score (nSPS) is 11.2. The van der Waals surface area contributed by atoms with Gasteiger partial charge in [0.2, 0.25) is 0 Å². The Kier molecular flexibility index (Phi) is 3.88. The molecule has 0 radical (unpaired) electrons.